The quantitative estimate of drug-likeness (QED) is 0.767. The molecule has 1 amide bonds. The van der Waals surface area contributed by atoms with Crippen LogP contribution >= 0.6 is 0 Å². The van der Waals surface area contributed by atoms with Crippen molar-refractivity contribution in [2.45, 2.75) is 43.9 Å². The van der Waals surface area contributed by atoms with E-state index in [0.717, 1.165) is 71.8 Å². The molecule has 0 radical (unpaired) electrons. The Bertz CT molecular complexity index is 978. The lowest BCUT2D eigenvalue weighted by Gasteiger charge is -2.18. The summed E-state index contributed by atoms with van der Waals surface area (Å²) >= 11 is 0. The van der Waals surface area contributed by atoms with Gasteiger partial charge >= 0.3 is 0 Å². The molecule has 0 spiro atoms. The summed E-state index contributed by atoms with van der Waals surface area (Å²) in [5.74, 6) is 1.51. The number of carbonyl (C=O) groups excluding carboxylic acids is 1. The molecule has 150 valence electrons. The molecule has 1 saturated carbocycles. The van der Waals surface area contributed by atoms with Gasteiger partial charge in [0.1, 0.15) is 0 Å². The highest BCUT2D eigenvalue weighted by atomic mass is 16.7. The van der Waals surface area contributed by atoms with Crippen LogP contribution in [-0.2, 0) is 10.2 Å². The average molecular weight is 390 g/mol. The van der Waals surface area contributed by atoms with Crippen molar-refractivity contribution in [2.24, 2.45) is 0 Å². The number of benzene rings is 2. The van der Waals surface area contributed by atoms with Gasteiger partial charge in [0.25, 0.3) is 0 Å². The summed E-state index contributed by atoms with van der Waals surface area (Å²) in [6.45, 7) is 5.50. The van der Waals surface area contributed by atoms with Gasteiger partial charge in [0.05, 0.1) is 5.41 Å². The van der Waals surface area contributed by atoms with Crippen molar-refractivity contribution in [3.63, 3.8) is 0 Å². The highest BCUT2D eigenvalue weighted by Crippen LogP contribution is 2.51. The van der Waals surface area contributed by atoms with Gasteiger partial charge in [0, 0.05) is 23.5 Å². The van der Waals surface area contributed by atoms with Crippen LogP contribution in [-0.4, -0.2) is 19.2 Å². The van der Waals surface area contributed by atoms with E-state index >= 15 is 0 Å². The van der Waals surface area contributed by atoms with Gasteiger partial charge in [0.2, 0.25) is 12.7 Å². The molecule has 5 nitrogen and oxygen atoms in total. The molecular formula is C24H26N2O3. The Morgan fingerprint density at radius 3 is 2.76 bits per heavy atom. The standard InChI is InChI=1S/C24H26N2O3/c1-16-5-3-2-4-12-25-20-8-7-18(14-19(16)20)26-23(27)24(10-11-24)17-6-9-21-22(13-17)29-15-28-21/h6-9,13-14,25H,1-5,10-12,15H2,(H,26,27). The monoisotopic (exact) mass is 390 g/mol. The number of amides is 1. The van der Waals surface area contributed by atoms with E-state index in [-0.39, 0.29) is 12.7 Å². The number of nitrogens with one attached hydrogen (secondary N) is 2. The van der Waals surface area contributed by atoms with Crippen molar-refractivity contribution >= 4 is 22.9 Å². The second-order valence-corrected chi connectivity index (χ2v) is 8.21. The van der Waals surface area contributed by atoms with Crippen LogP contribution in [0, 0.1) is 0 Å². The Morgan fingerprint density at radius 1 is 1.03 bits per heavy atom. The van der Waals surface area contributed by atoms with E-state index in [4.69, 9.17) is 9.47 Å². The highest BCUT2D eigenvalue weighted by Gasteiger charge is 2.51. The first-order valence-corrected chi connectivity index (χ1v) is 10.4. The third kappa shape index (κ3) is 3.35. The third-order valence-corrected chi connectivity index (χ3v) is 6.24. The first-order chi connectivity index (χ1) is 14.2. The smallest absolute Gasteiger partial charge is 0.235 e. The summed E-state index contributed by atoms with van der Waals surface area (Å²) in [6.07, 6.45) is 6.22. The summed E-state index contributed by atoms with van der Waals surface area (Å²) in [5, 5.41) is 6.66. The minimum Gasteiger partial charge on any atom is -0.454 e. The average Bonchev–Trinajstić information content (AvgIpc) is 3.39. The van der Waals surface area contributed by atoms with Gasteiger partial charge in [-0.05, 0) is 73.6 Å². The Balaban J connectivity index is 1.38. The van der Waals surface area contributed by atoms with Crippen LogP contribution < -0.4 is 20.1 Å². The molecule has 0 bridgehead atoms. The zero-order chi connectivity index (χ0) is 19.8. The van der Waals surface area contributed by atoms with Crippen molar-refractivity contribution < 1.29 is 14.3 Å². The van der Waals surface area contributed by atoms with Crippen LogP contribution in [0.5, 0.6) is 11.5 Å². The van der Waals surface area contributed by atoms with Crippen molar-refractivity contribution in [3.8, 4) is 11.5 Å². The van der Waals surface area contributed by atoms with Gasteiger partial charge in [0.15, 0.2) is 11.5 Å². The molecule has 0 saturated heterocycles. The zero-order valence-corrected chi connectivity index (χ0v) is 16.6. The highest BCUT2D eigenvalue weighted by molar-refractivity contribution is 6.02. The molecule has 2 N–H and O–H groups in total. The fourth-order valence-electron chi connectivity index (χ4n) is 4.28. The minimum absolute atomic E-state index is 0.0398. The molecular weight excluding hydrogens is 364 g/mol. The van der Waals surface area contributed by atoms with Gasteiger partial charge in [-0.15, -0.1) is 0 Å². The maximum absolute atomic E-state index is 13.2. The van der Waals surface area contributed by atoms with E-state index < -0.39 is 5.41 Å². The van der Waals surface area contributed by atoms with Gasteiger partial charge < -0.3 is 20.1 Å². The zero-order valence-electron chi connectivity index (χ0n) is 16.6. The molecule has 2 aromatic rings. The van der Waals surface area contributed by atoms with Crippen LogP contribution in [0.3, 0.4) is 0 Å². The van der Waals surface area contributed by atoms with Crippen molar-refractivity contribution in [1.29, 1.82) is 0 Å². The van der Waals surface area contributed by atoms with Crippen molar-refractivity contribution in [1.82, 2.24) is 0 Å². The number of carbonyl (C=O) groups is 1. The largest absolute Gasteiger partial charge is 0.454 e. The number of hydrogen-bond acceptors (Lipinski definition) is 4. The summed E-state index contributed by atoms with van der Waals surface area (Å²) < 4.78 is 10.9. The summed E-state index contributed by atoms with van der Waals surface area (Å²) in [5.41, 5.74) is 4.68. The van der Waals surface area contributed by atoms with E-state index in [0.29, 0.717) is 0 Å². The minimum atomic E-state index is -0.474. The Kier molecular flexibility index (Phi) is 4.46. The summed E-state index contributed by atoms with van der Waals surface area (Å²) in [6, 6.07) is 11.9. The van der Waals surface area contributed by atoms with Crippen molar-refractivity contribution in [2.75, 3.05) is 24.0 Å². The van der Waals surface area contributed by atoms with Crippen LogP contribution in [0.1, 0.15) is 49.7 Å². The Hall–Kier alpha value is -2.95. The number of fused-ring (bicyclic) bond motifs is 2. The number of hydrogen-bond donors (Lipinski definition) is 2. The van der Waals surface area contributed by atoms with E-state index in [1.807, 2.05) is 24.3 Å². The molecule has 2 aliphatic heterocycles. The second kappa shape index (κ2) is 7.14. The topological polar surface area (TPSA) is 59.6 Å². The second-order valence-electron chi connectivity index (χ2n) is 8.21. The van der Waals surface area contributed by atoms with Crippen molar-refractivity contribution in [3.05, 3.63) is 54.1 Å². The molecule has 3 aliphatic rings. The molecule has 2 heterocycles. The first kappa shape index (κ1) is 18.1. The van der Waals surface area contributed by atoms with Gasteiger partial charge in [-0.25, -0.2) is 0 Å². The fraction of sp³-hybridized carbons (Fsp3) is 0.375. The molecule has 0 aromatic heterocycles. The Morgan fingerprint density at radius 2 is 1.90 bits per heavy atom. The number of rotatable bonds is 3. The number of allylic oxidation sites excluding steroid dienone is 1. The predicted octanol–water partition coefficient (Wildman–Crippen LogP) is 5.08. The number of anilines is 2. The molecule has 0 unspecified atom stereocenters. The Labute approximate surface area is 171 Å². The summed E-state index contributed by atoms with van der Waals surface area (Å²) in [7, 11) is 0. The van der Waals surface area contributed by atoms with E-state index in [2.05, 4.69) is 29.3 Å². The van der Waals surface area contributed by atoms with Crippen LogP contribution in [0.4, 0.5) is 11.4 Å². The molecule has 5 rings (SSSR count). The van der Waals surface area contributed by atoms with Crippen LogP contribution in [0.15, 0.2) is 43.0 Å². The first-order valence-electron chi connectivity index (χ1n) is 10.4. The van der Waals surface area contributed by atoms with E-state index in [9.17, 15) is 4.79 Å². The predicted molar refractivity (Wildman–Crippen MR) is 115 cm³/mol. The number of ether oxygens (including phenoxy) is 2. The normalized spacial score (nSPS) is 19.2. The lowest BCUT2D eigenvalue weighted by molar-refractivity contribution is -0.118. The maximum atomic E-state index is 13.2. The molecule has 1 aliphatic carbocycles. The van der Waals surface area contributed by atoms with Gasteiger partial charge in [-0.3, -0.25) is 4.79 Å². The maximum Gasteiger partial charge on any atom is 0.235 e. The van der Waals surface area contributed by atoms with E-state index in [1.165, 1.54) is 12.8 Å². The molecule has 0 atom stereocenters. The molecule has 5 heteroatoms. The lowest BCUT2D eigenvalue weighted by Crippen LogP contribution is -2.27. The van der Waals surface area contributed by atoms with Gasteiger partial charge in [-0.1, -0.05) is 19.1 Å². The third-order valence-electron chi connectivity index (χ3n) is 6.24. The SMILES string of the molecule is C=C1CCCCCNc2ccc(NC(=O)C3(c4ccc5c(c4)OCO5)CC3)cc21. The molecule has 29 heavy (non-hydrogen) atoms. The lowest BCUT2D eigenvalue weighted by atomic mass is 9.94. The molecule has 2 aromatic carbocycles. The van der Waals surface area contributed by atoms with E-state index in [1.54, 1.807) is 0 Å². The van der Waals surface area contributed by atoms with Crippen LogP contribution in [0.2, 0.25) is 0 Å². The van der Waals surface area contributed by atoms with Crippen LogP contribution in [0.25, 0.3) is 5.57 Å². The summed E-state index contributed by atoms with van der Waals surface area (Å²) in [4.78, 5) is 13.2. The molecule has 1 fully saturated rings. The van der Waals surface area contributed by atoms with Gasteiger partial charge in [-0.2, -0.15) is 0 Å². The fourth-order valence-corrected chi connectivity index (χ4v) is 4.28.